The maximum absolute atomic E-state index is 13.6. The third-order valence-electron chi connectivity index (χ3n) is 8.82. The molecule has 2 amide bonds. The van der Waals surface area contributed by atoms with Crippen molar-refractivity contribution in [2.75, 3.05) is 13.7 Å². The molecule has 1 saturated heterocycles. The molecule has 0 unspecified atom stereocenters. The Hall–Kier alpha value is -3.93. The van der Waals surface area contributed by atoms with Crippen LogP contribution in [0.3, 0.4) is 0 Å². The van der Waals surface area contributed by atoms with E-state index in [0.29, 0.717) is 22.9 Å². The summed E-state index contributed by atoms with van der Waals surface area (Å²) in [5.74, 6) is -2.14. The number of hydrogen-bond acceptors (Lipinski definition) is 9. The first-order valence-electron chi connectivity index (χ1n) is 16.7. The number of epoxide rings is 1. The molecule has 49 heavy (non-hydrogen) atoms. The van der Waals surface area contributed by atoms with Gasteiger partial charge in [0.2, 0.25) is 11.8 Å². The number of nitrogens with one attached hydrogen (secondary N) is 2. The normalized spacial score (nSPS) is 26.2. The van der Waals surface area contributed by atoms with Crippen LogP contribution < -0.4 is 21.1 Å². The fourth-order valence-electron chi connectivity index (χ4n) is 5.67. The summed E-state index contributed by atoms with van der Waals surface area (Å²) in [7, 11) is 1.50. The van der Waals surface area contributed by atoms with Gasteiger partial charge in [-0.2, -0.15) is 0 Å². The highest BCUT2D eigenvalue weighted by molar-refractivity contribution is 6.32. The van der Waals surface area contributed by atoms with Gasteiger partial charge in [-0.05, 0) is 61.1 Å². The molecular weight excluding hydrogens is 650 g/mol. The van der Waals surface area contributed by atoms with E-state index in [-0.39, 0.29) is 49.9 Å². The Morgan fingerprint density at radius 2 is 1.71 bits per heavy atom. The molecule has 0 aliphatic carbocycles. The molecule has 0 aromatic heterocycles. The van der Waals surface area contributed by atoms with E-state index in [1.54, 1.807) is 38.1 Å². The number of halogens is 1. The second kappa shape index (κ2) is 16.7. The van der Waals surface area contributed by atoms with Crippen LogP contribution in [-0.2, 0) is 46.4 Å². The Morgan fingerprint density at radius 1 is 1.02 bits per heavy atom. The van der Waals surface area contributed by atoms with Gasteiger partial charge in [-0.15, -0.1) is 0 Å². The first-order valence-corrected chi connectivity index (χ1v) is 17.0. The lowest BCUT2D eigenvalue weighted by Crippen LogP contribution is -2.51. The topological polar surface area (TPSA) is 159 Å². The number of ether oxygens (including phenoxy) is 4. The molecule has 1 fully saturated rings. The highest BCUT2D eigenvalue weighted by Gasteiger charge is 2.48. The number of nitrogens with two attached hydrogens (primary N) is 1. The average Bonchev–Trinajstić information content (AvgIpc) is 3.86. The van der Waals surface area contributed by atoms with E-state index in [2.05, 4.69) is 10.6 Å². The van der Waals surface area contributed by atoms with Crippen molar-refractivity contribution in [3.05, 3.63) is 76.3 Å². The van der Waals surface area contributed by atoms with E-state index >= 15 is 0 Å². The second-order valence-corrected chi connectivity index (χ2v) is 14.2. The van der Waals surface area contributed by atoms with Crippen molar-refractivity contribution in [3.8, 4) is 5.75 Å². The summed E-state index contributed by atoms with van der Waals surface area (Å²) in [5, 5.41) is 5.91. The molecule has 0 saturated carbocycles. The number of esters is 2. The van der Waals surface area contributed by atoms with Crippen LogP contribution in [0.25, 0.3) is 0 Å². The van der Waals surface area contributed by atoms with E-state index in [1.807, 2.05) is 45.0 Å². The van der Waals surface area contributed by atoms with Gasteiger partial charge in [-0.3, -0.25) is 14.4 Å². The summed E-state index contributed by atoms with van der Waals surface area (Å²) < 4.78 is 23.1. The quantitative estimate of drug-likeness (QED) is 0.252. The summed E-state index contributed by atoms with van der Waals surface area (Å²) >= 11 is 6.32. The summed E-state index contributed by atoms with van der Waals surface area (Å²) in [6, 6.07) is 12.0. The van der Waals surface area contributed by atoms with Gasteiger partial charge >= 0.3 is 11.9 Å². The van der Waals surface area contributed by atoms with Crippen molar-refractivity contribution in [1.29, 1.82) is 0 Å². The molecule has 0 spiro atoms. The first-order chi connectivity index (χ1) is 23.2. The van der Waals surface area contributed by atoms with E-state index in [0.717, 1.165) is 11.1 Å². The van der Waals surface area contributed by atoms with Gasteiger partial charge in [-0.1, -0.05) is 68.8 Å². The van der Waals surface area contributed by atoms with Crippen LogP contribution in [0.5, 0.6) is 5.75 Å². The molecule has 4 N–H and O–H groups in total. The Labute approximate surface area is 293 Å². The summed E-state index contributed by atoms with van der Waals surface area (Å²) in [4.78, 5) is 53.7. The fraction of sp³-hybridized carbons (Fsp3) is 0.514. The number of carbonyl (C=O) groups excluding carboxylic acids is 4. The lowest BCUT2D eigenvalue weighted by atomic mass is 9.92. The van der Waals surface area contributed by atoms with E-state index in [9.17, 15) is 19.2 Å². The largest absolute Gasteiger partial charge is 0.495 e. The SMILES string of the molecule is COc1ccc(C[C@H]2NC(=O)/C=C\C[C@@H]([C@H](C)[C@@H]3O[C@H]3c3ccc(CN)cc3)OC(=O)[C@H](CC(C)C)OC(=O)C(C)(C)CNC2=O)cc1Cl. The summed E-state index contributed by atoms with van der Waals surface area (Å²) in [6.07, 6.45) is 1.18. The molecule has 266 valence electrons. The molecule has 11 nitrogen and oxygen atoms in total. The van der Waals surface area contributed by atoms with E-state index < -0.39 is 47.4 Å². The molecule has 2 aliphatic rings. The number of rotatable bonds is 9. The van der Waals surface area contributed by atoms with Crippen LogP contribution in [0.15, 0.2) is 54.6 Å². The van der Waals surface area contributed by atoms with Crippen LogP contribution >= 0.6 is 11.6 Å². The van der Waals surface area contributed by atoms with Gasteiger partial charge in [0, 0.05) is 31.8 Å². The molecule has 2 aromatic carbocycles. The lowest BCUT2D eigenvalue weighted by molar-refractivity contribution is -0.179. The van der Waals surface area contributed by atoms with E-state index in [4.69, 9.17) is 36.3 Å². The van der Waals surface area contributed by atoms with Crippen molar-refractivity contribution in [2.24, 2.45) is 23.0 Å². The van der Waals surface area contributed by atoms with Crippen molar-refractivity contribution >= 4 is 35.4 Å². The fourth-order valence-corrected chi connectivity index (χ4v) is 5.95. The third kappa shape index (κ3) is 10.3. The van der Waals surface area contributed by atoms with Gasteiger partial charge in [0.25, 0.3) is 0 Å². The van der Waals surface area contributed by atoms with Crippen LogP contribution in [0.1, 0.15) is 70.3 Å². The molecular formula is C37H48ClN3O8. The van der Waals surface area contributed by atoms with Gasteiger partial charge in [0.1, 0.15) is 24.0 Å². The smallest absolute Gasteiger partial charge is 0.347 e. The minimum absolute atomic E-state index is 0.0121. The van der Waals surface area contributed by atoms with Crippen LogP contribution in [0, 0.1) is 17.3 Å². The van der Waals surface area contributed by atoms with Crippen molar-refractivity contribution in [2.45, 2.75) is 90.9 Å². The molecule has 2 heterocycles. The monoisotopic (exact) mass is 697 g/mol. The molecule has 2 aliphatic heterocycles. The van der Waals surface area contributed by atoms with Crippen molar-refractivity contribution < 1.29 is 38.1 Å². The zero-order valence-electron chi connectivity index (χ0n) is 29.0. The molecule has 4 rings (SSSR count). The van der Waals surface area contributed by atoms with Gasteiger partial charge < -0.3 is 35.3 Å². The molecule has 0 bridgehead atoms. The van der Waals surface area contributed by atoms with Gasteiger partial charge in [0.05, 0.1) is 23.7 Å². The number of benzene rings is 2. The zero-order chi connectivity index (χ0) is 35.9. The van der Waals surface area contributed by atoms with Crippen molar-refractivity contribution in [3.63, 3.8) is 0 Å². The number of amides is 2. The summed E-state index contributed by atoms with van der Waals surface area (Å²) in [6.45, 7) is 9.33. The highest BCUT2D eigenvalue weighted by atomic mass is 35.5. The van der Waals surface area contributed by atoms with Crippen molar-refractivity contribution in [1.82, 2.24) is 10.6 Å². The maximum atomic E-state index is 13.6. The van der Waals surface area contributed by atoms with Crippen LogP contribution in [0.2, 0.25) is 5.02 Å². The number of hydrogen-bond donors (Lipinski definition) is 3. The predicted octanol–water partition coefficient (Wildman–Crippen LogP) is 4.58. The second-order valence-electron chi connectivity index (χ2n) is 13.8. The summed E-state index contributed by atoms with van der Waals surface area (Å²) in [5.41, 5.74) is 7.22. The molecule has 2 aromatic rings. The number of carbonyl (C=O) groups is 4. The van der Waals surface area contributed by atoms with Crippen LogP contribution in [0.4, 0.5) is 0 Å². The Morgan fingerprint density at radius 3 is 2.35 bits per heavy atom. The van der Waals surface area contributed by atoms with Gasteiger partial charge in [0.15, 0.2) is 6.10 Å². The maximum Gasteiger partial charge on any atom is 0.347 e. The first kappa shape index (κ1) is 37.9. The molecule has 6 atom stereocenters. The Balaban J connectivity index is 1.60. The number of cyclic esters (lactones) is 2. The zero-order valence-corrected chi connectivity index (χ0v) is 29.8. The Kier molecular flexibility index (Phi) is 12.9. The average molecular weight is 698 g/mol. The van der Waals surface area contributed by atoms with Gasteiger partial charge in [-0.25, -0.2) is 4.79 Å². The third-order valence-corrected chi connectivity index (χ3v) is 9.12. The Bertz CT molecular complexity index is 1530. The predicted molar refractivity (Wildman–Crippen MR) is 185 cm³/mol. The molecule has 0 radical (unpaired) electrons. The standard InChI is InChI=1S/C37H48ClN3O8/c1-21(2)16-30-35(44)47-28(22(3)32-33(49-32)25-13-10-23(19-39)11-14-25)8-7-9-31(42)41-27(18-24-12-15-29(46-6)26(38)17-24)34(43)40-20-37(4,5)36(45)48-30/h7,9-15,17,21-22,27-28,30,32-33H,8,16,18-20,39H2,1-6H3,(H,40,43)(H,41,42)/b9-7-/t22-,27+,28-,30-,32-,33-/m0/s1. The molecule has 12 heteroatoms. The van der Waals surface area contributed by atoms with E-state index in [1.165, 1.54) is 13.2 Å². The minimum Gasteiger partial charge on any atom is -0.495 e. The van der Waals surface area contributed by atoms with Crippen LogP contribution in [-0.4, -0.2) is 61.8 Å². The lowest BCUT2D eigenvalue weighted by Gasteiger charge is -2.29. The minimum atomic E-state index is -1.21. The number of methoxy groups -OCH3 is 1. The highest BCUT2D eigenvalue weighted by Crippen LogP contribution is 2.45.